The summed E-state index contributed by atoms with van der Waals surface area (Å²) in [7, 11) is 0. The Bertz CT molecular complexity index is 457. The molecule has 0 spiro atoms. The van der Waals surface area contributed by atoms with Gasteiger partial charge in [0, 0.05) is 5.56 Å². The molecule has 74 valence electrons. The van der Waals surface area contributed by atoms with Crippen molar-refractivity contribution in [2.75, 3.05) is 0 Å². The van der Waals surface area contributed by atoms with E-state index in [1.165, 1.54) is 6.33 Å². The molecule has 0 saturated carbocycles. The predicted octanol–water partition coefficient (Wildman–Crippen LogP) is 2.08. The highest BCUT2D eigenvalue weighted by molar-refractivity contribution is 5.75. The summed E-state index contributed by atoms with van der Waals surface area (Å²) in [5, 5.41) is 0. The lowest BCUT2D eigenvalue weighted by atomic mass is 10.2. The Kier molecular flexibility index (Phi) is 2.69. The van der Waals surface area contributed by atoms with Gasteiger partial charge in [-0.05, 0) is 12.1 Å². The second kappa shape index (κ2) is 4.32. The zero-order chi connectivity index (χ0) is 10.5. The molecule has 0 saturated heterocycles. The Morgan fingerprint density at radius 1 is 1.13 bits per heavy atom. The van der Waals surface area contributed by atoms with Crippen LogP contribution in [-0.2, 0) is 0 Å². The molecule has 0 aliphatic heterocycles. The molecule has 1 heterocycles. The Morgan fingerprint density at radius 3 is 2.67 bits per heavy atom. The summed E-state index contributed by atoms with van der Waals surface area (Å²) < 4.78 is 5.44. The third-order valence-electron chi connectivity index (χ3n) is 1.77. The maximum absolute atomic E-state index is 10.5. The minimum atomic E-state index is 0.542. The van der Waals surface area contributed by atoms with Crippen LogP contribution in [0.15, 0.2) is 43.0 Å². The molecule has 15 heavy (non-hydrogen) atoms. The Morgan fingerprint density at radius 2 is 1.93 bits per heavy atom. The number of hydrogen-bond donors (Lipinski definition) is 0. The van der Waals surface area contributed by atoms with Crippen LogP contribution in [0.2, 0.25) is 0 Å². The Hall–Kier alpha value is -2.23. The van der Waals surface area contributed by atoms with E-state index < -0.39 is 0 Å². The van der Waals surface area contributed by atoms with Crippen molar-refractivity contribution in [2.24, 2.45) is 0 Å². The van der Waals surface area contributed by atoms with Gasteiger partial charge < -0.3 is 4.74 Å². The summed E-state index contributed by atoms with van der Waals surface area (Å²) in [4.78, 5) is 18.2. The molecule has 1 aromatic heterocycles. The third-order valence-corrected chi connectivity index (χ3v) is 1.77. The molecule has 0 unspecified atom stereocenters. The van der Waals surface area contributed by atoms with Crippen LogP contribution in [0.5, 0.6) is 11.5 Å². The highest BCUT2D eigenvalue weighted by Gasteiger charge is 1.98. The lowest BCUT2D eigenvalue weighted by molar-refractivity contribution is 0.112. The topological polar surface area (TPSA) is 52.1 Å². The number of aldehydes is 1. The number of carbonyl (C=O) groups is 1. The zero-order valence-electron chi connectivity index (χ0n) is 7.83. The quantitative estimate of drug-likeness (QED) is 0.712. The van der Waals surface area contributed by atoms with Crippen molar-refractivity contribution in [3.05, 3.63) is 48.5 Å². The molecule has 4 nitrogen and oxygen atoms in total. The van der Waals surface area contributed by atoms with Gasteiger partial charge in [-0.25, -0.2) is 9.97 Å². The van der Waals surface area contributed by atoms with Gasteiger partial charge in [-0.2, -0.15) is 0 Å². The van der Waals surface area contributed by atoms with Gasteiger partial charge in [-0.15, -0.1) is 0 Å². The van der Waals surface area contributed by atoms with E-state index in [0.717, 1.165) is 6.29 Å². The van der Waals surface area contributed by atoms with E-state index in [-0.39, 0.29) is 0 Å². The van der Waals surface area contributed by atoms with Crippen LogP contribution in [0.3, 0.4) is 0 Å². The number of nitrogens with zero attached hydrogens (tertiary/aromatic N) is 2. The second-order valence-electron chi connectivity index (χ2n) is 2.87. The lowest BCUT2D eigenvalue weighted by Crippen LogP contribution is -1.87. The minimum absolute atomic E-state index is 0.542. The summed E-state index contributed by atoms with van der Waals surface area (Å²) in [5.41, 5.74) is 0.573. The number of ether oxygens (including phenoxy) is 1. The number of carbonyl (C=O) groups excluding carboxylic acids is 1. The number of aromatic nitrogens is 2. The molecule has 0 bridgehead atoms. The fraction of sp³-hybridized carbons (Fsp3) is 0. The van der Waals surface area contributed by atoms with E-state index in [2.05, 4.69) is 9.97 Å². The minimum Gasteiger partial charge on any atom is -0.454 e. The Balaban J connectivity index is 2.21. The summed E-state index contributed by atoms with van der Waals surface area (Å²) in [6.07, 6.45) is 5.31. The SMILES string of the molecule is O=Cc1cccc(Oc2cncnc2)c1. The average Bonchev–Trinajstić information content (AvgIpc) is 2.31. The van der Waals surface area contributed by atoms with Crippen LogP contribution in [0.25, 0.3) is 0 Å². The molecule has 0 fully saturated rings. The predicted molar refractivity (Wildman–Crippen MR) is 53.9 cm³/mol. The summed E-state index contributed by atoms with van der Waals surface area (Å²) in [6.45, 7) is 0. The van der Waals surface area contributed by atoms with Crippen LogP contribution in [0.4, 0.5) is 0 Å². The largest absolute Gasteiger partial charge is 0.454 e. The molecule has 4 heteroatoms. The maximum atomic E-state index is 10.5. The molecule has 1 aromatic carbocycles. The number of hydrogen-bond acceptors (Lipinski definition) is 4. The van der Waals surface area contributed by atoms with Crippen molar-refractivity contribution in [1.82, 2.24) is 9.97 Å². The molecule has 0 radical (unpaired) electrons. The van der Waals surface area contributed by atoms with E-state index in [0.29, 0.717) is 17.1 Å². The molecule has 0 amide bonds. The average molecular weight is 200 g/mol. The van der Waals surface area contributed by atoms with Crippen molar-refractivity contribution in [1.29, 1.82) is 0 Å². The van der Waals surface area contributed by atoms with Crippen molar-refractivity contribution in [2.45, 2.75) is 0 Å². The normalized spacial score (nSPS) is 9.60. The van der Waals surface area contributed by atoms with Crippen molar-refractivity contribution >= 4 is 6.29 Å². The van der Waals surface area contributed by atoms with E-state index in [1.54, 1.807) is 36.7 Å². The number of rotatable bonds is 3. The molecular formula is C11H8N2O2. The maximum Gasteiger partial charge on any atom is 0.163 e. The van der Waals surface area contributed by atoms with E-state index in [4.69, 9.17) is 4.74 Å². The van der Waals surface area contributed by atoms with Gasteiger partial charge in [-0.1, -0.05) is 12.1 Å². The van der Waals surface area contributed by atoms with E-state index >= 15 is 0 Å². The zero-order valence-corrected chi connectivity index (χ0v) is 7.83. The van der Waals surface area contributed by atoms with Crippen molar-refractivity contribution in [3.8, 4) is 11.5 Å². The molecule has 0 atom stereocenters. The van der Waals surface area contributed by atoms with Gasteiger partial charge in [0.15, 0.2) is 5.75 Å². The fourth-order valence-electron chi connectivity index (χ4n) is 1.13. The second-order valence-corrected chi connectivity index (χ2v) is 2.87. The fourth-order valence-corrected chi connectivity index (χ4v) is 1.13. The first-order valence-electron chi connectivity index (χ1n) is 4.36. The van der Waals surface area contributed by atoms with Crippen LogP contribution in [0, 0.1) is 0 Å². The highest BCUT2D eigenvalue weighted by atomic mass is 16.5. The van der Waals surface area contributed by atoms with Gasteiger partial charge in [0.25, 0.3) is 0 Å². The molecule has 0 aliphatic carbocycles. The molecule has 0 N–H and O–H groups in total. The first-order valence-corrected chi connectivity index (χ1v) is 4.36. The van der Waals surface area contributed by atoms with E-state index in [9.17, 15) is 4.79 Å². The highest BCUT2D eigenvalue weighted by Crippen LogP contribution is 2.19. The molecule has 2 rings (SSSR count). The van der Waals surface area contributed by atoms with Gasteiger partial charge >= 0.3 is 0 Å². The van der Waals surface area contributed by atoms with Crippen LogP contribution < -0.4 is 4.74 Å². The summed E-state index contributed by atoms with van der Waals surface area (Å²) in [6, 6.07) is 6.88. The number of benzene rings is 1. The first kappa shape index (κ1) is 9.33. The van der Waals surface area contributed by atoms with Crippen LogP contribution in [0.1, 0.15) is 10.4 Å². The Labute approximate surface area is 86.6 Å². The monoisotopic (exact) mass is 200 g/mol. The van der Waals surface area contributed by atoms with Gasteiger partial charge in [-0.3, -0.25) is 4.79 Å². The van der Waals surface area contributed by atoms with Gasteiger partial charge in [0.2, 0.25) is 0 Å². The molecule has 0 aliphatic rings. The van der Waals surface area contributed by atoms with Gasteiger partial charge in [0.1, 0.15) is 18.4 Å². The molecular weight excluding hydrogens is 192 g/mol. The molecule has 2 aromatic rings. The van der Waals surface area contributed by atoms with Gasteiger partial charge in [0.05, 0.1) is 12.4 Å². The first-order chi connectivity index (χ1) is 7.38. The smallest absolute Gasteiger partial charge is 0.163 e. The standard InChI is InChI=1S/C11H8N2O2/c14-7-9-2-1-3-10(4-9)15-11-5-12-8-13-6-11/h1-8H. The van der Waals surface area contributed by atoms with Crippen LogP contribution >= 0.6 is 0 Å². The van der Waals surface area contributed by atoms with E-state index in [1.807, 2.05) is 0 Å². The summed E-state index contributed by atoms with van der Waals surface area (Å²) in [5.74, 6) is 1.13. The van der Waals surface area contributed by atoms with Crippen molar-refractivity contribution < 1.29 is 9.53 Å². The third kappa shape index (κ3) is 2.37. The van der Waals surface area contributed by atoms with Crippen LogP contribution in [-0.4, -0.2) is 16.3 Å². The summed E-state index contributed by atoms with van der Waals surface area (Å²) >= 11 is 0. The lowest BCUT2D eigenvalue weighted by Gasteiger charge is -2.03. The van der Waals surface area contributed by atoms with Crippen molar-refractivity contribution in [3.63, 3.8) is 0 Å².